The first kappa shape index (κ1) is 4.60. The third-order valence-electron chi connectivity index (χ3n) is 0.857. The highest BCUT2D eigenvalue weighted by atomic mass is 79.9. The van der Waals surface area contributed by atoms with E-state index in [4.69, 9.17) is 0 Å². The molecule has 1 radical (unpaired) electrons. The van der Waals surface area contributed by atoms with Crippen molar-refractivity contribution in [2.45, 2.75) is 4.83 Å². The van der Waals surface area contributed by atoms with Crippen molar-refractivity contribution in [1.82, 2.24) is 5.32 Å². The van der Waals surface area contributed by atoms with Crippen LogP contribution < -0.4 is 5.32 Å². The van der Waals surface area contributed by atoms with Crippen molar-refractivity contribution in [1.29, 1.82) is 0 Å². The molecule has 0 bridgehead atoms. The first-order valence-electron chi connectivity index (χ1n) is 2.08. The lowest BCUT2D eigenvalue weighted by atomic mass is 10.4. The van der Waals surface area contributed by atoms with E-state index in [2.05, 4.69) is 27.7 Å². The zero-order chi connectivity index (χ0) is 4.41. The van der Waals surface area contributed by atoms with Crippen molar-refractivity contribution in [3.63, 3.8) is 0 Å². The van der Waals surface area contributed by atoms with E-state index in [-0.39, 0.29) is 0 Å². The van der Waals surface area contributed by atoms with Gasteiger partial charge in [0.25, 0.3) is 0 Å². The zero-order valence-corrected chi connectivity index (χ0v) is 5.03. The van der Waals surface area contributed by atoms with Gasteiger partial charge < -0.3 is 5.32 Å². The quantitative estimate of drug-likeness (QED) is 0.496. The molecule has 1 nitrogen and oxygen atoms in total. The largest absolute Gasteiger partial charge is 0.315 e. The van der Waals surface area contributed by atoms with E-state index in [1.54, 1.807) is 0 Å². The molecule has 1 unspecified atom stereocenters. The van der Waals surface area contributed by atoms with Gasteiger partial charge in [-0.15, -0.1) is 0 Å². The number of hydrogen-bond donors (Lipinski definition) is 1. The van der Waals surface area contributed by atoms with E-state index in [0.717, 1.165) is 13.1 Å². The van der Waals surface area contributed by atoms with Crippen LogP contribution in [-0.4, -0.2) is 17.9 Å². The van der Waals surface area contributed by atoms with Crippen LogP contribution in [0.3, 0.4) is 0 Å². The fourth-order valence-electron chi connectivity index (χ4n) is 0.516. The molecule has 1 fully saturated rings. The molecule has 0 amide bonds. The molecule has 1 aliphatic rings. The summed E-state index contributed by atoms with van der Waals surface area (Å²) in [5.41, 5.74) is 0. The maximum Gasteiger partial charge on any atom is 0.0314 e. The van der Waals surface area contributed by atoms with E-state index in [1.807, 2.05) is 0 Å². The Morgan fingerprint density at radius 2 is 2.67 bits per heavy atom. The van der Waals surface area contributed by atoms with Crippen LogP contribution in [0.15, 0.2) is 0 Å². The summed E-state index contributed by atoms with van der Waals surface area (Å²) in [5.74, 6) is 0. The SMILES string of the molecule is BrC1[CH]CNC1. The summed E-state index contributed by atoms with van der Waals surface area (Å²) in [4.78, 5) is 0.623. The monoisotopic (exact) mass is 148 g/mol. The molecule has 1 atom stereocenters. The highest BCUT2D eigenvalue weighted by Gasteiger charge is 2.08. The highest BCUT2D eigenvalue weighted by molar-refractivity contribution is 9.09. The molecular formula is C4H7BrN. The number of rotatable bonds is 0. The van der Waals surface area contributed by atoms with E-state index < -0.39 is 0 Å². The minimum absolute atomic E-state index is 0.623. The van der Waals surface area contributed by atoms with E-state index >= 15 is 0 Å². The molecule has 2 heteroatoms. The third kappa shape index (κ3) is 0.949. The fraction of sp³-hybridized carbons (Fsp3) is 0.750. The Morgan fingerprint density at radius 3 is 2.83 bits per heavy atom. The van der Waals surface area contributed by atoms with Crippen LogP contribution in [0.1, 0.15) is 0 Å². The molecule has 6 heavy (non-hydrogen) atoms. The molecule has 1 saturated heterocycles. The molecule has 1 heterocycles. The van der Waals surface area contributed by atoms with E-state index in [0.29, 0.717) is 4.83 Å². The van der Waals surface area contributed by atoms with Crippen LogP contribution in [0, 0.1) is 6.42 Å². The predicted molar refractivity (Wildman–Crippen MR) is 29.9 cm³/mol. The minimum atomic E-state index is 0.623. The number of alkyl halides is 1. The Hall–Kier alpha value is 0.440. The molecule has 35 valence electrons. The third-order valence-corrected chi connectivity index (χ3v) is 1.55. The van der Waals surface area contributed by atoms with Gasteiger partial charge >= 0.3 is 0 Å². The summed E-state index contributed by atoms with van der Waals surface area (Å²) in [6.07, 6.45) is 2.21. The average molecular weight is 149 g/mol. The zero-order valence-electron chi connectivity index (χ0n) is 3.45. The molecule has 0 spiro atoms. The van der Waals surface area contributed by atoms with Crippen LogP contribution >= 0.6 is 15.9 Å². The van der Waals surface area contributed by atoms with E-state index in [9.17, 15) is 0 Å². The normalized spacial score (nSPS) is 34.5. The lowest BCUT2D eigenvalue weighted by Gasteiger charge is -1.87. The van der Waals surface area contributed by atoms with Crippen LogP contribution in [-0.2, 0) is 0 Å². The van der Waals surface area contributed by atoms with Gasteiger partial charge in [0.1, 0.15) is 0 Å². The number of nitrogens with one attached hydrogen (secondary N) is 1. The molecular weight excluding hydrogens is 142 g/mol. The predicted octanol–water partition coefficient (Wildman–Crippen LogP) is 0.557. The van der Waals surface area contributed by atoms with E-state index in [1.165, 1.54) is 0 Å². The summed E-state index contributed by atoms with van der Waals surface area (Å²) in [5, 5.41) is 3.17. The smallest absolute Gasteiger partial charge is 0.0314 e. The topological polar surface area (TPSA) is 12.0 Å². The molecule has 1 aliphatic heterocycles. The Balaban J connectivity index is 2.18. The van der Waals surface area contributed by atoms with Crippen LogP contribution in [0.5, 0.6) is 0 Å². The minimum Gasteiger partial charge on any atom is -0.315 e. The second kappa shape index (κ2) is 1.94. The van der Waals surface area contributed by atoms with Gasteiger partial charge in [-0.3, -0.25) is 0 Å². The second-order valence-corrected chi connectivity index (χ2v) is 2.59. The molecule has 1 N–H and O–H groups in total. The summed E-state index contributed by atoms with van der Waals surface area (Å²) in [6, 6.07) is 0. The van der Waals surface area contributed by atoms with Gasteiger partial charge in [0.2, 0.25) is 0 Å². The van der Waals surface area contributed by atoms with Gasteiger partial charge in [-0.05, 0) is 13.0 Å². The molecule has 0 aromatic carbocycles. The van der Waals surface area contributed by atoms with Crippen LogP contribution in [0.4, 0.5) is 0 Å². The van der Waals surface area contributed by atoms with Gasteiger partial charge in [0, 0.05) is 11.4 Å². The molecule has 0 aliphatic carbocycles. The molecule has 1 rings (SSSR count). The van der Waals surface area contributed by atoms with Crippen molar-refractivity contribution < 1.29 is 0 Å². The van der Waals surface area contributed by atoms with Crippen LogP contribution in [0.2, 0.25) is 0 Å². The average Bonchev–Trinajstić information content (AvgIpc) is 1.86. The lowest BCUT2D eigenvalue weighted by molar-refractivity contribution is 0.870. The summed E-state index contributed by atoms with van der Waals surface area (Å²) >= 11 is 3.42. The van der Waals surface area contributed by atoms with Crippen molar-refractivity contribution in [3.8, 4) is 0 Å². The molecule has 0 saturated carbocycles. The summed E-state index contributed by atoms with van der Waals surface area (Å²) in [6.45, 7) is 2.16. The summed E-state index contributed by atoms with van der Waals surface area (Å²) in [7, 11) is 0. The van der Waals surface area contributed by atoms with Gasteiger partial charge in [0.05, 0.1) is 0 Å². The molecule has 0 aromatic heterocycles. The lowest BCUT2D eigenvalue weighted by Crippen LogP contribution is -2.07. The van der Waals surface area contributed by atoms with Gasteiger partial charge in [0.15, 0.2) is 0 Å². The van der Waals surface area contributed by atoms with Crippen molar-refractivity contribution in [2.24, 2.45) is 0 Å². The first-order valence-corrected chi connectivity index (χ1v) is 2.99. The number of hydrogen-bond acceptors (Lipinski definition) is 1. The van der Waals surface area contributed by atoms with Gasteiger partial charge in [-0.1, -0.05) is 15.9 Å². The van der Waals surface area contributed by atoms with Crippen molar-refractivity contribution >= 4 is 15.9 Å². The summed E-state index contributed by atoms with van der Waals surface area (Å²) < 4.78 is 0. The Kier molecular flexibility index (Phi) is 1.48. The van der Waals surface area contributed by atoms with Gasteiger partial charge in [-0.2, -0.15) is 0 Å². The second-order valence-electron chi connectivity index (χ2n) is 1.41. The van der Waals surface area contributed by atoms with Crippen molar-refractivity contribution in [3.05, 3.63) is 6.42 Å². The Labute approximate surface area is 46.2 Å². The first-order chi connectivity index (χ1) is 2.89. The van der Waals surface area contributed by atoms with Crippen LogP contribution in [0.25, 0.3) is 0 Å². The van der Waals surface area contributed by atoms with Crippen molar-refractivity contribution in [2.75, 3.05) is 13.1 Å². The maximum absolute atomic E-state index is 3.42. The Morgan fingerprint density at radius 1 is 1.83 bits per heavy atom. The molecule has 0 aromatic rings. The standard InChI is InChI=1S/C4H7BrN/c5-4-1-2-6-3-4/h1,4,6H,2-3H2. The highest BCUT2D eigenvalue weighted by Crippen LogP contribution is 2.05. The fourth-order valence-corrected chi connectivity index (χ4v) is 0.932. The Bertz CT molecular complexity index is 40.8. The van der Waals surface area contributed by atoms with Gasteiger partial charge in [-0.25, -0.2) is 0 Å². The maximum atomic E-state index is 3.42. The number of halogens is 1.